The van der Waals surface area contributed by atoms with Crippen LogP contribution in [0, 0.1) is 5.82 Å². The minimum absolute atomic E-state index is 0.0452. The summed E-state index contributed by atoms with van der Waals surface area (Å²) in [7, 11) is 0. The molecule has 1 fully saturated rings. The van der Waals surface area contributed by atoms with Gasteiger partial charge in [-0.15, -0.1) is 11.3 Å². The molecular formula is C21H18FN5OS. The molecule has 6 nitrogen and oxygen atoms in total. The van der Waals surface area contributed by atoms with E-state index in [0.717, 1.165) is 27.5 Å². The highest BCUT2D eigenvalue weighted by molar-refractivity contribution is 7.15. The van der Waals surface area contributed by atoms with Crippen LogP contribution in [0.15, 0.2) is 66.3 Å². The number of nitrogens with one attached hydrogen (secondary N) is 3. The van der Waals surface area contributed by atoms with Gasteiger partial charge in [-0.3, -0.25) is 9.20 Å². The summed E-state index contributed by atoms with van der Waals surface area (Å²) in [5.41, 5.74) is 9.61. The SMILES string of the molecule is O=C(Nc1cccc(-c2cn3ccsc3n2)c1)C1CC(c2ccc(F)cc2)NN1. The Morgan fingerprint density at radius 3 is 2.90 bits per heavy atom. The Morgan fingerprint density at radius 2 is 2.07 bits per heavy atom. The Morgan fingerprint density at radius 1 is 1.21 bits per heavy atom. The molecule has 3 heterocycles. The smallest absolute Gasteiger partial charge is 0.242 e. The van der Waals surface area contributed by atoms with Crippen molar-refractivity contribution < 1.29 is 9.18 Å². The zero-order valence-corrected chi connectivity index (χ0v) is 16.1. The molecule has 0 saturated carbocycles. The van der Waals surface area contributed by atoms with Gasteiger partial charge in [-0.05, 0) is 36.2 Å². The Bertz CT molecular complexity index is 1140. The van der Waals surface area contributed by atoms with Crippen molar-refractivity contribution in [1.82, 2.24) is 20.2 Å². The van der Waals surface area contributed by atoms with Crippen LogP contribution in [-0.2, 0) is 4.79 Å². The van der Waals surface area contributed by atoms with E-state index in [4.69, 9.17) is 0 Å². The third kappa shape index (κ3) is 3.65. The average Bonchev–Trinajstić information content (AvgIpc) is 3.45. The second-order valence-corrected chi connectivity index (χ2v) is 7.84. The van der Waals surface area contributed by atoms with E-state index in [2.05, 4.69) is 21.2 Å². The van der Waals surface area contributed by atoms with Gasteiger partial charge in [0.1, 0.15) is 11.9 Å². The van der Waals surface area contributed by atoms with Crippen LogP contribution in [-0.4, -0.2) is 21.3 Å². The third-order valence-electron chi connectivity index (χ3n) is 5.01. The Labute approximate surface area is 170 Å². The molecular weight excluding hydrogens is 389 g/mol. The minimum atomic E-state index is -0.383. The molecule has 1 aliphatic rings. The monoisotopic (exact) mass is 407 g/mol. The molecule has 29 heavy (non-hydrogen) atoms. The quantitative estimate of drug-likeness (QED) is 0.482. The number of halogens is 1. The lowest BCUT2D eigenvalue weighted by Crippen LogP contribution is -2.39. The van der Waals surface area contributed by atoms with Crippen LogP contribution in [0.4, 0.5) is 10.1 Å². The number of aromatic nitrogens is 2. The third-order valence-corrected chi connectivity index (χ3v) is 5.78. The van der Waals surface area contributed by atoms with Crippen molar-refractivity contribution in [2.24, 2.45) is 0 Å². The zero-order chi connectivity index (χ0) is 19.8. The fraction of sp³-hybridized carbons (Fsp3) is 0.143. The summed E-state index contributed by atoms with van der Waals surface area (Å²) < 4.78 is 15.1. The van der Waals surface area contributed by atoms with Gasteiger partial charge in [0.2, 0.25) is 5.91 Å². The molecule has 1 amide bonds. The molecule has 2 aromatic carbocycles. The number of carbonyl (C=O) groups is 1. The number of carbonyl (C=O) groups excluding carboxylic acids is 1. The molecule has 2 unspecified atom stereocenters. The maximum Gasteiger partial charge on any atom is 0.242 e. The van der Waals surface area contributed by atoms with Crippen molar-refractivity contribution in [1.29, 1.82) is 0 Å². The number of anilines is 1. The van der Waals surface area contributed by atoms with E-state index < -0.39 is 0 Å². The highest BCUT2D eigenvalue weighted by Gasteiger charge is 2.30. The van der Waals surface area contributed by atoms with Crippen LogP contribution in [0.1, 0.15) is 18.0 Å². The maximum absolute atomic E-state index is 13.1. The van der Waals surface area contributed by atoms with Gasteiger partial charge < -0.3 is 5.32 Å². The van der Waals surface area contributed by atoms with Crippen LogP contribution in [0.3, 0.4) is 0 Å². The summed E-state index contributed by atoms with van der Waals surface area (Å²) >= 11 is 1.58. The number of imidazole rings is 1. The fourth-order valence-electron chi connectivity index (χ4n) is 3.49. The Balaban J connectivity index is 1.27. The van der Waals surface area contributed by atoms with Crippen LogP contribution in [0.25, 0.3) is 16.2 Å². The van der Waals surface area contributed by atoms with Crippen molar-refractivity contribution in [3.8, 4) is 11.3 Å². The largest absolute Gasteiger partial charge is 0.325 e. The molecule has 0 aliphatic carbocycles. The van der Waals surface area contributed by atoms with Gasteiger partial charge >= 0.3 is 0 Å². The van der Waals surface area contributed by atoms with Crippen molar-refractivity contribution in [3.63, 3.8) is 0 Å². The van der Waals surface area contributed by atoms with Crippen molar-refractivity contribution in [3.05, 3.63) is 77.7 Å². The Kier molecular flexibility index (Phi) is 4.59. The first-order valence-electron chi connectivity index (χ1n) is 9.26. The van der Waals surface area contributed by atoms with E-state index in [-0.39, 0.29) is 23.8 Å². The number of amides is 1. The van der Waals surface area contributed by atoms with E-state index >= 15 is 0 Å². The molecule has 0 bridgehead atoms. The molecule has 5 rings (SSSR count). The summed E-state index contributed by atoms with van der Waals surface area (Å²) in [4.78, 5) is 18.2. The van der Waals surface area contributed by atoms with Gasteiger partial charge in [-0.1, -0.05) is 24.3 Å². The summed E-state index contributed by atoms with van der Waals surface area (Å²) in [6, 6.07) is 13.5. The first-order chi connectivity index (χ1) is 14.2. The summed E-state index contributed by atoms with van der Waals surface area (Å²) in [5, 5.41) is 4.96. The maximum atomic E-state index is 13.1. The van der Waals surface area contributed by atoms with Gasteiger partial charge in [0.25, 0.3) is 0 Å². The molecule has 4 aromatic rings. The van der Waals surface area contributed by atoms with E-state index in [1.807, 2.05) is 46.4 Å². The minimum Gasteiger partial charge on any atom is -0.325 e. The van der Waals surface area contributed by atoms with Crippen LogP contribution < -0.4 is 16.2 Å². The molecule has 1 aliphatic heterocycles. The lowest BCUT2D eigenvalue weighted by atomic mass is 10.0. The molecule has 3 N–H and O–H groups in total. The molecule has 8 heteroatoms. The predicted octanol–water partition coefficient (Wildman–Crippen LogP) is 3.75. The normalized spacial score (nSPS) is 18.9. The predicted molar refractivity (Wildman–Crippen MR) is 111 cm³/mol. The molecule has 0 radical (unpaired) electrons. The van der Waals surface area contributed by atoms with Gasteiger partial charge in [-0.25, -0.2) is 20.2 Å². The summed E-state index contributed by atoms with van der Waals surface area (Å²) in [6.45, 7) is 0. The molecule has 1 saturated heterocycles. The molecule has 2 atom stereocenters. The summed E-state index contributed by atoms with van der Waals surface area (Å²) in [6.07, 6.45) is 4.52. The number of fused-ring (bicyclic) bond motifs is 1. The highest BCUT2D eigenvalue weighted by atomic mass is 32.1. The van der Waals surface area contributed by atoms with Gasteiger partial charge in [-0.2, -0.15) is 0 Å². The second kappa shape index (κ2) is 7.40. The standard InChI is InChI=1S/C21H18FN5OS/c22-15-6-4-13(5-7-15)17-11-18(26-25-17)20(28)23-16-3-1-2-14(10-16)19-12-27-8-9-29-21(27)24-19/h1-10,12,17-18,25-26H,11H2,(H,23,28). The second-order valence-electron chi connectivity index (χ2n) is 6.97. The number of hydrogen-bond acceptors (Lipinski definition) is 5. The van der Waals surface area contributed by atoms with Gasteiger partial charge in [0.15, 0.2) is 4.96 Å². The highest BCUT2D eigenvalue weighted by Crippen LogP contribution is 2.26. The van der Waals surface area contributed by atoms with Gasteiger partial charge in [0, 0.05) is 35.1 Å². The number of benzene rings is 2. The lowest BCUT2D eigenvalue weighted by Gasteiger charge is -2.11. The topological polar surface area (TPSA) is 70.5 Å². The van der Waals surface area contributed by atoms with Crippen LogP contribution in [0.2, 0.25) is 0 Å². The number of thiazole rings is 1. The molecule has 0 spiro atoms. The van der Waals surface area contributed by atoms with Crippen molar-refractivity contribution >= 4 is 27.9 Å². The average molecular weight is 407 g/mol. The first-order valence-corrected chi connectivity index (χ1v) is 10.1. The van der Waals surface area contributed by atoms with E-state index in [1.54, 1.807) is 23.5 Å². The van der Waals surface area contributed by atoms with Crippen LogP contribution >= 0.6 is 11.3 Å². The summed E-state index contributed by atoms with van der Waals surface area (Å²) in [5.74, 6) is -0.392. The van der Waals surface area contributed by atoms with Gasteiger partial charge in [0.05, 0.1) is 5.69 Å². The lowest BCUT2D eigenvalue weighted by molar-refractivity contribution is -0.117. The van der Waals surface area contributed by atoms with E-state index in [0.29, 0.717) is 6.42 Å². The number of hydrazine groups is 1. The number of nitrogens with zero attached hydrogens (tertiary/aromatic N) is 2. The fourth-order valence-corrected chi connectivity index (χ4v) is 4.19. The van der Waals surface area contributed by atoms with Crippen LogP contribution in [0.5, 0.6) is 0 Å². The number of hydrogen-bond donors (Lipinski definition) is 3. The Hall–Kier alpha value is -3.07. The van der Waals surface area contributed by atoms with E-state index in [9.17, 15) is 9.18 Å². The molecule has 146 valence electrons. The van der Waals surface area contributed by atoms with Crippen molar-refractivity contribution in [2.45, 2.75) is 18.5 Å². The van der Waals surface area contributed by atoms with Crippen molar-refractivity contribution in [2.75, 3.05) is 5.32 Å². The number of rotatable bonds is 4. The zero-order valence-electron chi connectivity index (χ0n) is 15.3. The molecule has 2 aromatic heterocycles. The first kappa shape index (κ1) is 18.0. The van der Waals surface area contributed by atoms with E-state index in [1.165, 1.54) is 12.1 Å².